The lowest BCUT2D eigenvalue weighted by atomic mass is 10.2. The molecule has 0 aliphatic heterocycles. The third-order valence-electron chi connectivity index (χ3n) is 2.38. The molecular formula is C13H10Cl2N2O. The molecule has 0 saturated carbocycles. The fraction of sp³-hybridized carbons (Fsp3) is 0. The number of halogens is 2. The number of hydrogen-bond donors (Lipinski definition) is 2. The normalized spacial score (nSPS) is 10.1. The van der Waals surface area contributed by atoms with Crippen LogP contribution in [0.5, 0.6) is 0 Å². The summed E-state index contributed by atoms with van der Waals surface area (Å²) >= 11 is 11.8. The quantitative estimate of drug-likeness (QED) is 0.822. The van der Waals surface area contributed by atoms with Gasteiger partial charge in [-0.3, -0.25) is 4.79 Å². The van der Waals surface area contributed by atoms with Gasteiger partial charge >= 0.3 is 0 Å². The van der Waals surface area contributed by atoms with Crippen molar-refractivity contribution in [2.24, 2.45) is 0 Å². The van der Waals surface area contributed by atoms with E-state index in [-0.39, 0.29) is 5.91 Å². The van der Waals surface area contributed by atoms with Crippen molar-refractivity contribution >= 4 is 40.5 Å². The Bertz CT molecular complexity index is 599. The van der Waals surface area contributed by atoms with Gasteiger partial charge in [0.2, 0.25) is 0 Å². The smallest absolute Gasteiger partial charge is 0.255 e. The largest absolute Gasteiger partial charge is 0.398 e. The molecule has 5 heteroatoms. The van der Waals surface area contributed by atoms with Gasteiger partial charge in [-0.25, -0.2) is 0 Å². The summed E-state index contributed by atoms with van der Waals surface area (Å²) in [7, 11) is 0. The van der Waals surface area contributed by atoms with Crippen molar-refractivity contribution in [2.45, 2.75) is 0 Å². The van der Waals surface area contributed by atoms with Crippen LogP contribution >= 0.6 is 23.2 Å². The van der Waals surface area contributed by atoms with E-state index in [1.165, 1.54) is 6.07 Å². The molecule has 3 N–H and O–H groups in total. The number of benzene rings is 2. The number of para-hydroxylation sites is 1. The minimum atomic E-state index is -0.287. The SMILES string of the molecule is Nc1ccc(C(=O)Nc2ccccc2Cl)cc1Cl. The molecule has 0 aliphatic carbocycles. The fourth-order valence-corrected chi connectivity index (χ4v) is 1.79. The number of anilines is 2. The van der Waals surface area contributed by atoms with Gasteiger partial charge < -0.3 is 11.1 Å². The second-order valence-corrected chi connectivity index (χ2v) is 4.48. The first-order chi connectivity index (χ1) is 8.58. The van der Waals surface area contributed by atoms with Gasteiger partial charge in [-0.05, 0) is 30.3 Å². The molecule has 0 saturated heterocycles. The van der Waals surface area contributed by atoms with Crippen LogP contribution in [0.25, 0.3) is 0 Å². The summed E-state index contributed by atoms with van der Waals surface area (Å²) in [5.74, 6) is -0.287. The molecule has 2 aromatic carbocycles. The maximum atomic E-state index is 12.0. The summed E-state index contributed by atoms with van der Waals surface area (Å²) in [4.78, 5) is 12.0. The van der Waals surface area contributed by atoms with E-state index in [0.29, 0.717) is 27.0 Å². The molecule has 1 amide bonds. The van der Waals surface area contributed by atoms with Gasteiger partial charge in [0, 0.05) is 5.56 Å². The maximum Gasteiger partial charge on any atom is 0.255 e. The van der Waals surface area contributed by atoms with Gasteiger partial charge in [-0.2, -0.15) is 0 Å². The number of carbonyl (C=O) groups excluding carboxylic acids is 1. The van der Waals surface area contributed by atoms with Crippen molar-refractivity contribution in [1.82, 2.24) is 0 Å². The van der Waals surface area contributed by atoms with Crippen LogP contribution in [0.1, 0.15) is 10.4 Å². The zero-order chi connectivity index (χ0) is 13.1. The molecule has 0 aliphatic rings. The lowest BCUT2D eigenvalue weighted by Crippen LogP contribution is -2.12. The van der Waals surface area contributed by atoms with Crippen molar-refractivity contribution < 1.29 is 4.79 Å². The number of nitrogen functional groups attached to an aromatic ring is 1. The number of rotatable bonds is 2. The first-order valence-corrected chi connectivity index (χ1v) is 5.94. The Morgan fingerprint density at radius 1 is 1.06 bits per heavy atom. The Morgan fingerprint density at radius 3 is 2.44 bits per heavy atom. The van der Waals surface area contributed by atoms with Crippen LogP contribution in [-0.4, -0.2) is 5.91 Å². The van der Waals surface area contributed by atoms with E-state index in [2.05, 4.69) is 5.32 Å². The minimum Gasteiger partial charge on any atom is -0.398 e. The fourth-order valence-electron chi connectivity index (χ4n) is 1.43. The van der Waals surface area contributed by atoms with E-state index in [1.807, 2.05) is 0 Å². The average molecular weight is 281 g/mol. The Kier molecular flexibility index (Phi) is 3.75. The molecule has 18 heavy (non-hydrogen) atoms. The average Bonchev–Trinajstić information content (AvgIpc) is 2.35. The summed E-state index contributed by atoms with van der Waals surface area (Å²) < 4.78 is 0. The third kappa shape index (κ3) is 2.75. The number of hydrogen-bond acceptors (Lipinski definition) is 2. The van der Waals surface area contributed by atoms with Gasteiger partial charge in [-0.15, -0.1) is 0 Å². The van der Waals surface area contributed by atoms with Gasteiger partial charge in [0.05, 0.1) is 21.4 Å². The van der Waals surface area contributed by atoms with Crippen molar-refractivity contribution in [3.05, 3.63) is 58.1 Å². The molecular weight excluding hydrogens is 271 g/mol. The molecule has 0 spiro atoms. The van der Waals surface area contributed by atoms with Gasteiger partial charge in [0.15, 0.2) is 0 Å². The van der Waals surface area contributed by atoms with Crippen LogP contribution in [-0.2, 0) is 0 Å². The summed E-state index contributed by atoms with van der Waals surface area (Å²) in [5.41, 5.74) is 6.99. The lowest BCUT2D eigenvalue weighted by molar-refractivity contribution is 0.102. The van der Waals surface area contributed by atoms with E-state index in [1.54, 1.807) is 36.4 Å². The van der Waals surface area contributed by atoms with Crippen LogP contribution in [0.15, 0.2) is 42.5 Å². The molecule has 92 valence electrons. The van der Waals surface area contributed by atoms with E-state index in [0.717, 1.165) is 0 Å². The van der Waals surface area contributed by atoms with Gasteiger partial charge in [-0.1, -0.05) is 35.3 Å². The second kappa shape index (κ2) is 5.29. The zero-order valence-electron chi connectivity index (χ0n) is 9.28. The number of amides is 1. The topological polar surface area (TPSA) is 55.1 Å². The number of nitrogens with two attached hydrogens (primary N) is 1. The van der Waals surface area contributed by atoms with Crippen LogP contribution in [0.2, 0.25) is 10.0 Å². The van der Waals surface area contributed by atoms with Crippen LogP contribution in [0.4, 0.5) is 11.4 Å². The van der Waals surface area contributed by atoms with Crippen molar-refractivity contribution in [2.75, 3.05) is 11.1 Å². The van der Waals surface area contributed by atoms with Crippen LogP contribution < -0.4 is 11.1 Å². The molecule has 0 fully saturated rings. The molecule has 2 rings (SSSR count). The van der Waals surface area contributed by atoms with E-state index >= 15 is 0 Å². The summed E-state index contributed by atoms with van der Waals surface area (Å²) in [6.45, 7) is 0. The predicted octanol–water partition coefficient (Wildman–Crippen LogP) is 3.83. The van der Waals surface area contributed by atoms with Gasteiger partial charge in [0.25, 0.3) is 5.91 Å². The predicted molar refractivity (Wildman–Crippen MR) is 75.3 cm³/mol. The molecule has 0 bridgehead atoms. The molecule has 2 aromatic rings. The van der Waals surface area contributed by atoms with Gasteiger partial charge in [0.1, 0.15) is 0 Å². The van der Waals surface area contributed by atoms with Crippen LogP contribution in [0, 0.1) is 0 Å². The van der Waals surface area contributed by atoms with Crippen molar-refractivity contribution in [3.8, 4) is 0 Å². The summed E-state index contributed by atoms with van der Waals surface area (Å²) in [6.07, 6.45) is 0. The highest BCUT2D eigenvalue weighted by Crippen LogP contribution is 2.23. The van der Waals surface area contributed by atoms with E-state index < -0.39 is 0 Å². The monoisotopic (exact) mass is 280 g/mol. The highest BCUT2D eigenvalue weighted by molar-refractivity contribution is 6.34. The molecule has 0 radical (unpaired) electrons. The third-order valence-corrected chi connectivity index (χ3v) is 3.04. The second-order valence-electron chi connectivity index (χ2n) is 3.67. The maximum absolute atomic E-state index is 12.0. The Labute approximate surface area is 115 Å². The molecule has 3 nitrogen and oxygen atoms in total. The highest BCUT2D eigenvalue weighted by Gasteiger charge is 2.09. The summed E-state index contributed by atoms with van der Waals surface area (Å²) in [5, 5.41) is 3.53. The van der Waals surface area contributed by atoms with Crippen molar-refractivity contribution in [1.29, 1.82) is 0 Å². The van der Waals surface area contributed by atoms with E-state index in [4.69, 9.17) is 28.9 Å². The standard InChI is InChI=1S/C13H10Cl2N2O/c14-9-3-1-2-4-12(9)17-13(18)8-5-6-11(16)10(15)7-8/h1-7H,16H2,(H,17,18). The molecule has 0 aromatic heterocycles. The Balaban J connectivity index is 2.22. The first kappa shape index (κ1) is 12.7. The van der Waals surface area contributed by atoms with Crippen LogP contribution in [0.3, 0.4) is 0 Å². The lowest BCUT2D eigenvalue weighted by Gasteiger charge is -2.07. The van der Waals surface area contributed by atoms with Crippen molar-refractivity contribution in [3.63, 3.8) is 0 Å². The zero-order valence-corrected chi connectivity index (χ0v) is 10.8. The number of carbonyl (C=O) groups is 1. The Morgan fingerprint density at radius 2 is 1.78 bits per heavy atom. The first-order valence-electron chi connectivity index (χ1n) is 5.19. The summed E-state index contributed by atoms with van der Waals surface area (Å²) in [6, 6.07) is 11.7. The number of nitrogens with one attached hydrogen (secondary N) is 1. The molecule has 0 atom stereocenters. The highest BCUT2D eigenvalue weighted by atomic mass is 35.5. The molecule has 0 heterocycles. The molecule has 0 unspecified atom stereocenters. The van der Waals surface area contributed by atoms with E-state index in [9.17, 15) is 4.79 Å². The minimum absolute atomic E-state index is 0.287. The Hall–Kier alpha value is -1.71.